The topological polar surface area (TPSA) is 89.3 Å². The van der Waals surface area contributed by atoms with Gasteiger partial charge in [0.05, 0.1) is 11.9 Å². The number of hydrogen-bond donors (Lipinski definition) is 2. The maximum Gasteiger partial charge on any atom is 0.272 e. The summed E-state index contributed by atoms with van der Waals surface area (Å²) in [4.78, 5) is 13.4. The first kappa shape index (κ1) is 19.1. The van der Waals surface area contributed by atoms with E-state index < -0.39 is 13.0 Å². The van der Waals surface area contributed by atoms with E-state index >= 15 is 0 Å². The van der Waals surface area contributed by atoms with E-state index in [9.17, 15) is 8.78 Å². The third-order valence-corrected chi connectivity index (χ3v) is 5.36. The summed E-state index contributed by atoms with van der Waals surface area (Å²) in [6, 6.07) is 3.79. The van der Waals surface area contributed by atoms with Crippen LogP contribution in [0.3, 0.4) is 0 Å². The molecule has 3 aromatic rings. The normalized spacial score (nSPS) is 19.4. The van der Waals surface area contributed by atoms with Gasteiger partial charge in [-0.05, 0) is 38.3 Å². The highest BCUT2D eigenvalue weighted by Crippen LogP contribution is 2.43. The standard InChI is InChI=1S/C20H23F2N7O/c21-17(22)11-30-16-8-18-25-10-15(29(18)28-19(16)12-3-4-12)14-5-7-24-20(27-14)26-13-2-1-6-23-9-13/h5,7-8,10,12-13,17,23H,1-4,6,9,11H2,(H,24,26,27). The van der Waals surface area contributed by atoms with Gasteiger partial charge in [0.25, 0.3) is 6.43 Å². The zero-order chi connectivity index (χ0) is 20.5. The van der Waals surface area contributed by atoms with Crippen molar-refractivity contribution < 1.29 is 13.5 Å². The summed E-state index contributed by atoms with van der Waals surface area (Å²) in [6.07, 6.45) is 5.01. The molecular formula is C20H23F2N7O. The Labute approximate surface area is 172 Å². The second-order valence-electron chi connectivity index (χ2n) is 7.74. The van der Waals surface area contributed by atoms with E-state index in [0.717, 1.165) is 44.5 Å². The lowest BCUT2D eigenvalue weighted by atomic mass is 10.1. The number of piperidine rings is 1. The number of fused-ring (bicyclic) bond motifs is 1. The van der Waals surface area contributed by atoms with E-state index in [0.29, 0.717) is 34.8 Å². The Morgan fingerprint density at radius 1 is 1.27 bits per heavy atom. The van der Waals surface area contributed by atoms with E-state index in [-0.39, 0.29) is 5.92 Å². The number of ether oxygens (including phenoxy) is 1. The Morgan fingerprint density at radius 3 is 2.93 bits per heavy atom. The predicted octanol–water partition coefficient (Wildman–Crippen LogP) is 2.87. The lowest BCUT2D eigenvalue weighted by molar-refractivity contribution is 0.0811. The highest BCUT2D eigenvalue weighted by molar-refractivity contribution is 5.61. The molecule has 0 aromatic carbocycles. The molecular weight excluding hydrogens is 392 g/mol. The average molecular weight is 415 g/mol. The maximum atomic E-state index is 12.6. The first-order valence-corrected chi connectivity index (χ1v) is 10.3. The van der Waals surface area contributed by atoms with E-state index in [1.165, 1.54) is 0 Å². The van der Waals surface area contributed by atoms with Crippen molar-refractivity contribution in [2.75, 3.05) is 25.0 Å². The molecule has 1 aliphatic heterocycles. The Morgan fingerprint density at radius 2 is 2.17 bits per heavy atom. The monoisotopic (exact) mass is 415 g/mol. The summed E-state index contributed by atoms with van der Waals surface area (Å²) >= 11 is 0. The van der Waals surface area contributed by atoms with Crippen molar-refractivity contribution in [1.82, 2.24) is 29.9 Å². The molecule has 1 unspecified atom stereocenters. The SMILES string of the molecule is FC(F)COc1cc2ncc(-c3ccnc(NC4CCCNC4)n3)n2nc1C1CC1. The molecule has 1 atom stereocenters. The summed E-state index contributed by atoms with van der Waals surface area (Å²) < 4.78 is 32.3. The van der Waals surface area contributed by atoms with Gasteiger partial charge in [0.1, 0.15) is 23.7 Å². The molecule has 3 aromatic heterocycles. The largest absolute Gasteiger partial charge is 0.485 e. The molecule has 0 amide bonds. The summed E-state index contributed by atoms with van der Waals surface area (Å²) in [7, 11) is 0. The molecule has 0 radical (unpaired) electrons. The zero-order valence-corrected chi connectivity index (χ0v) is 16.4. The fourth-order valence-electron chi connectivity index (χ4n) is 3.72. The lowest BCUT2D eigenvalue weighted by Crippen LogP contribution is -2.38. The number of anilines is 1. The molecule has 2 aliphatic rings. The molecule has 2 fully saturated rings. The molecule has 158 valence electrons. The van der Waals surface area contributed by atoms with Crippen molar-refractivity contribution in [2.24, 2.45) is 0 Å². The smallest absolute Gasteiger partial charge is 0.272 e. The van der Waals surface area contributed by atoms with Crippen LogP contribution in [0.25, 0.3) is 17.0 Å². The van der Waals surface area contributed by atoms with E-state index in [1.54, 1.807) is 23.0 Å². The van der Waals surface area contributed by atoms with Crippen LogP contribution in [0, 0.1) is 0 Å². The average Bonchev–Trinajstić information content (AvgIpc) is 3.52. The Kier molecular flexibility index (Phi) is 5.16. The van der Waals surface area contributed by atoms with Crippen molar-refractivity contribution in [3.63, 3.8) is 0 Å². The van der Waals surface area contributed by atoms with Crippen molar-refractivity contribution in [3.05, 3.63) is 30.2 Å². The molecule has 4 heterocycles. The summed E-state index contributed by atoms with van der Waals surface area (Å²) in [6.45, 7) is 1.28. The number of alkyl halides is 2. The summed E-state index contributed by atoms with van der Waals surface area (Å²) in [5.41, 5.74) is 2.64. The third-order valence-electron chi connectivity index (χ3n) is 5.36. The molecule has 0 spiro atoms. The number of nitrogens with zero attached hydrogens (tertiary/aromatic N) is 5. The van der Waals surface area contributed by atoms with Crippen LogP contribution in [0.1, 0.15) is 37.3 Å². The molecule has 5 rings (SSSR count). The minimum Gasteiger partial charge on any atom is -0.485 e. The zero-order valence-electron chi connectivity index (χ0n) is 16.4. The Bertz CT molecular complexity index is 1030. The van der Waals surface area contributed by atoms with Crippen LogP contribution in [0.2, 0.25) is 0 Å². The lowest BCUT2D eigenvalue weighted by Gasteiger charge is -2.23. The summed E-state index contributed by atoms with van der Waals surface area (Å²) in [5.74, 6) is 1.19. The number of nitrogens with one attached hydrogen (secondary N) is 2. The number of aromatic nitrogens is 5. The Hall–Kier alpha value is -2.88. The summed E-state index contributed by atoms with van der Waals surface area (Å²) in [5, 5.41) is 11.4. The van der Waals surface area contributed by atoms with Crippen molar-refractivity contribution in [1.29, 1.82) is 0 Å². The van der Waals surface area contributed by atoms with Crippen LogP contribution < -0.4 is 15.4 Å². The molecule has 1 saturated carbocycles. The minimum atomic E-state index is -2.53. The molecule has 2 N–H and O–H groups in total. The van der Waals surface area contributed by atoms with E-state index in [4.69, 9.17) is 9.84 Å². The van der Waals surface area contributed by atoms with Gasteiger partial charge in [-0.15, -0.1) is 0 Å². The number of rotatable bonds is 7. The van der Waals surface area contributed by atoms with Crippen LogP contribution in [0.15, 0.2) is 24.5 Å². The maximum absolute atomic E-state index is 12.6. The van der Waals surface area contributed by atoms with Crippen molar-refractivity contribution in [2.45, 2.75) is 44.1 Å². The van der Waals surface area contributed by atoms with Gasteiger partial charge >= 0.3 is 0 Å². The van der Waals surface area contributed by atoms with Crippen LogP contribution in [-0.2, 0) is 0 Å². The van der Waals surface area contributed by atoms with Gasteiger partial charge in [-0.2, -0.15) is 5.10 Å². The second kappa shape index (κ2) is 8.10. The van der Waals surface area contributed by atoms with Crippen LogP contribution in [-0.4, -0.2) is 56.7 Å². The van der Waals surface area contributed by atoms with Gasteiger partial charge in [0, 0.05) is 30.8 Å². The minimum absolute atomic E-state index is 0.235. The quantitative estimate of drug-likeness (QED) is 0.613. The van der Waals surface area contributed by atoms with E-state index in [1.807, 2.05) is 6.07 Å². The van der Waals surface area contributed by atoms with E-state index in [2.05, 4.69) is 25.6 Å². The van der Waals surface area contributed by atoms with Crippen molar-refractivity contribution >= 4 is 11.6 Å². The third kappa shape index (κ3) is 4.04. The highest BCUT2D eigenvalue weighted by atomic mass is 19.3. The van der Waals surface area contributed by atoms with Gasteiger partial charge in [-0.1, -0.05) is 0 Å². The van der Waals surface area contributed by atoms with Gasteiger partial charge in [0.2, 0.25) is 5.95 Å². The predicted molar refractivity (Wildman–Crippen MR) is 107 cm³/mol. The first-order chi connectivity index (χ1) is 14.7. The van der Waals surface area contributed by atoms with Gasteiger partial charge in [-0.25, -0.2) is 28.2 Å². The molecule has 1 saturated heterocycles. The highest BCUT2D eigenvalue weighted by Gasteiger charge is 2.30. The van der Waals surface area contributed by atoms with Crippen LogP contribution >= 0.6 is 0 Å². The van der Waals surface area contributed by atoms with Gasteiger partial charge < -0.3 is 15.4 Å². The molecule has 10 heteroatoms. The molecule has 1 aliphatic carbocycles. The first-order valence-electron chi connectivity index (χ1n) is 10.3. The van der Waals surface area contributed by atoms with Gasteiger partial charge in [0.15, 0.2) is 5.65 Å². The fourth-order valence-corrected chi connectivity index (χ4v) is 3.72. The molecule has 0 bridgehead atoms. The van der Waals surface area contributed by atoms with Gasteiger partial charge in [-0.3, -0.25) is 0 Å². The number of hydrogen-bond acceptors (Lipinski definition) is 7. The number of imidazole rings is 1. The second-order valence-corrected chi connectivity index (χ2v) is 7.74. The molecule has 8 nitrogen and oxygen atoms in total. The van der Waals surface area contributed by atoms with Crippen LogP contribution in [0.5, 0.6) is 5.75 Å². The van der Waals surface area contributed by atoms with Crippen molar-refractivity contribution in [3.8, 4) is 17.1 Å². The fraction of sp³-hybridized carbons (Fsp3) is 0.500. The molecule has 30 heavy (non-hydrogen) atoms. The Balaban J connectivity index is 1.46. The van der Waals surface area contributed by atoms with Crippen LogP contribution in [0.4, 0.5) is 14.7 Å². The number of halogens is 2.